The molecule has 1 aromatic rings. The van der Waals surface area contributed by atoms with E-state index in [-0.39, 0.29) is 11.6 Å². The molecule has 0 saturated carbocycles. The first-order valence-corrected chi connectivity index (χ1v) is 6.74. The van der Waals surface area contributed by atoms with Gasteiger partial charge in [-0.25, -0.2) is 9.59 Å². The molecular formula is C15H22N2O3. The highest BCUT2D eigenvalue weighted by atomic mass is 16.4. The minimum atomic E-state index is -0.970. The Bertz CT molecular complexity index is 472. The van der Waals surface area contributed by atoms with Crippen LogP contribution in [0.2, 0.25) is 0 Å². The van der Waals surface area contributed by atoms with Gasteiger partial charge in [0.15, 0.2) is 0 Å². The summed E-state index contributed by atoms with van der Waals surface area (Å²) in [4.78, 5) is 22.5. The molecule has 5 heteroatoms. The monoisotopic (exact) mass is 278 g/mol. The van der Waals surface area contributed by atoms with E-state index < -0.39 is 5.97 Å². The summed E-state index contributed by atoms with van der Waals surface area (Å²) in [6.45, 7) is 7.24. The van der Waals surface area contributed by atoms with Crippen LogP contribution in [0.1, 0.15) is 36.7 Å². The van der Waals surface area contributed by atoms with Gasteiger partial charge in [-0.05, 0) is 29.5 Å². The Labute approximate surface area is 119 Å². The topological polar surface area (TPSA) is 78.4 Å². The number of rotatable bonds is 6. The molecule has 0 aliphatic carbocycles. The Kier molecular flexibility index (Phi) is 6.03. The van der Waals surface area contributed by atoms with Crippen molar-refractivity contribution in [2.75, 3.05) is 6.54 Å². The van der Waals surface area contributed by atoms with Crippen LogP contribution < -0.4 is 10.6 Å². The van der Waals surface area contributed by atoms with Gasteiger partial charge in [0, 0.05) is 13.1 Å². The molecule has 110 valence electrons. The van der Waals surface area contributed by atoms with Gasteiger partial charge < -0.3 is 15.7 Å². The number of benzene rings is 1. The summed E-state index contributed by atoms with van der Waals surface area (Å²) in [5.74, 6) is -0.0410. The molecule has 20 heavy (non-hydrogen) atoms. The van der Waals surface area contributed by atoms with Crippen molar-refractivity contribution in [3.05, 3.63) is 35.4 Å². The highest BCUT2D eigenvalue weighted by molar-refractivity contribution is 5.87. The quantitative estimate of drug-likeness (QED) is 0.748. The Hall–Kier alpha value is -2.04. The molecule has 1 unspecified atom stereocenters. The second kappa shape index (κ2) is 7.53. The van der Waals surface area contributed by atoms with Crippen LogP contribution in [0.5, 0.6) is 0 Å². The predicted molar refractivity (Wildman–Crippen MR) is 77.6 cm³/mol. The van der Waals surface area contributed by atoms with Crippen molar-refractivity contribution in [2.24, 2.45) is 11.8 Å². The molecule has 5 nitrogen and oxygen atoms in total. The molecule has 1 atom stereocenters. The van der Waals surface area contributed by atoms with Crippen LogP contribution in [-0.2, 0) is 6.54 Å². The Morgan fingerprint density at radius 1 is 1.20 bits per heavy atom. The van der Waals surface area contributed by atoms with Crippen molar-refractivity contribution in [1.82, 2.24) is 10.6 Å². The summed E-state index contributed by atoms with van der Waals surface area (Å²) >= 11 is 0. The maximum Gasteiger partial charge on any atom is 0.335 e. The van der Waals surface area contributed by atoms with Crippen molar-refractivity contribution in [2.45, 2.75) is 27.3 Å². The third kappa shape index (κ3) is 5.30. The smallest absolute Gasteiger partial charge is 0.335 e. The number of nitrogens with one attached hydrogen (secondary N) is 2. The number of urea groups is 1. The highest BCUT2D eigenvalue weighted by Crippen LogP contribution is 2.07. The van der Waals surface area contributed by atoms with Gasteiger partial charge in [0.25, 0.3) is 0 Å². The molecule has 3 N–H and O–H groups in total. The van der Waals surface area contributed by atoms with E-state index in [0.29, 0.717) is 24.9 Å². The number of carboxylic acid groups (broad SMARTS) is 1. The Balaban J connectivity index is 2.41. The minimum Gasteiger partial charge on any atom is -0.478 e. The summed E-state index contributed by atoms with van der Waals surface area (Å²) in [5, 5.41) is 14.4. The molecule has 0 spiro atoms. The fourth-order valence-electron chi connectivity index (χ4n) is 1.55. The maximum absolute atomic E-state index is 11.6. The molecule has 0 aliphatic rings. The van der Waals surface area contributed by atoms with Crippen molar-refractivity contribution in [3.8, 4) is 0 Å². The van der Waals surface area contributed by atoms with Crippen LogP contribution in [0.3, 0.4) is 0 Å². The van der Waals surface area contributed by atoms with E-state index in [1.807, 2.05) is 0 Å². The predicted octanol–water partition coefficient (Wildman–Crippen LogP) is 2.48. The summed E-state index contributed by atoms with van der Waals surface area (Å²) in [5.41, 5.74) is 0.982. The summed E-state index contributed by atoms with van der Waals surface area (Å²) in [6, 6.07) is 6.29. The maximum atomic E-state index is 11.6. The first-order chi connectivity index (χ1) is 9.40. The molecule has 0 radical (unpaired) electrons. The van der Waals surface area contributed by atoms with Crippen LogP contribution in [0.25, 0.3) is 0 Å². The fourth-order valence-corrected chi connectivity index (χ4v) is 1.55. The largest absolute Gasteiger partial charge is 0.478 e. The minimum absolute atomic E-state index is 0.220. The van der Waals surface area contributed by atoms with Gasteiger partial charge in [0.05, 0.1) is 5.56 Å². The van der Waals surface area contributed by atoms with Crippen molar-refractivity contribution in [3.63, 3.8) is 0 Å². The number of aromatic carboxylic acids is 1. The molecule has 1 rings (SSSR count). The number of carboxylic acids is 1. The molecular weight excluding hydrogens is 256 g/mol. The normalized spacial score (nSPS) is 12.0. The number of carbonyl (C=O) groups excluding carboxylic acids is 1. The van der Waals surface area contributed by atoms with E-state index >= 15 is 0 Å². The van der Waals surface area contributed by atoms with E-state index in [1.54, 1.807) is 18.2 Å². The van der Waals surface area contributed by atoms with Crippen LogP contribution >= 0.6 is 0 Å². The summed E-state index contributed by atoms with van der Waals surface area (Å²) in [6.07, 6.45) is 0. The summed E-state index contributed by atoms with van der Waals surface area (Å²) < 4.78 is 0. The number of hydrogen-bond donors (Lipinski definition) is 3. The third-order valence-corrected chi connectivity index (χ3v) is 3.35. The first kappa shape index (κ1) is 16.0. The molecule has 0 saturated heterocycles. The van der Waals surface area contributed by atoms with Gasteiger partial charge >= 0.3 is 12.0 Å². The molecule has 0 heterocycles. The molecule has 1 aromatic carbocycles. The zero-order valence-electron chi connectivity index (χ0n) is 12.1. The van der Waals surface area contributed by atoms with Gasteiger partial charge in [-0.3, -0.25) is 0 Å². The van der Waals surface area contributed by atoms with Gasteiger partial charge in [-0.1, -0.05) is 32.9 Å². The average Bonchev–Trinajstić information content (AvgIpc) is 2.42. The van der Waals surface area contributed by atoms with Crippen molar-refractivity contribution in [1.29, 1.82) is 0 Å². The van der Waals surface area contributed by atoms with Gasteiger partial charge in [0.2, 0.25) is 0 Å². The van der Waals surface area contributed by atoms with Gasteiger partial charge in [0.1, 0.15) is 0 Å². The third-order valence-electron chi connectivity index (χ3n) is 3.35. The summed E-state index contributed by atoms with van der Waals surface area (Å²) in [7, 11) is 0. The zero-order chi connectivity index (χ0) is 15.1. The van der Waals surface area contributed by atoms with Gasteiger partial charge in [-0.15, -0.1) is 0 Å². The number of carbonyl (C=O) groups is 2. The molecule has 0 fully saturated rings. The lowest BCUT2D eigenvalue weighted by Gasteiger charge is -2.16. The number of amides is 2. The Morgan fingerprint density at radius 2 is 1.90 bits per heavy atom. The SMILES string of the molecule is CC(C)C(C)CNC(=O)NCc1cccc(C(=O)O)c1. The second-order valence-corrected chi connectivity index (χ2v) is 5.29. The molecule has 0 aromatic heterocycles. The highest BCUT2D eigenvalue weighted by Gasteiger charge is 2.09. The van der Waals surface area contributed by atoms with E-state index in [0.717, 1.165) is 5.56 Å². The van der Waals surface area contributed by atoms with E-state index in [9.17, 15) is 9.59 Å². The lowest BCUT2D eigenvalue weighted by atomic mass is 9.98. The zero-order valence-corrected chi connectivity index (χ0v) is 12.1. The number of hydrogen-bond acceptors (Lipinski definition) is 2. The van der Waals surface area contributed by atoms with E-state index in [2.05, 4.69) is 31.4 Å². The van der Waals surface area contributed by atoms with E-state index in [4.69, 9.17) is 5.11 Å². The molecule has 0 aliphatic heterocycles. The Morgan fingerprint density at radius 3 is 2.50 bits per heavy atom. The van der Waals surface area contributed by atoms with Crippen LogP contribution in [0, 0.1) is 11.8 Å². The first-order valence-electron chi connectivity index (χ1n) is 6.74. The standard InChI is InChI=1S/C15H22N2O3/c1-10(2)11(3)8-16-15(20)17-9-12-5-4-6-13(7-12)14(18)19/h4-7,10-11H,8-9H2,1-3H3,(H,18,19)(H2,16,17,20). The van der Waals surface area contributed by atoms with Crippen LogP contribution in [0.15, 0.2) is 24.3 Å². The lowest BCUT2D eigenvalue weighted by Crippen LogP contribution is -2.38. The lowest BCUT2D eigenvalue weighted by molar-refractivity contribution is 0.0696. The van der Waals surface area contributed by atoms with Crippen molar-refractivity contribution >= 4 is 12.0 Å². The fraction of sp³-hybridized carbons (Fsp3) is 0.467. The molecule has 2 amide bonds. The van der Waals surface area contributed by atoms with Gasteiger partial charge in [-0.2, -0.15) is 0 Å². The van der Waals surface area contributed by atoms with Crippen molar-refractivity contribution < 1.29 is 14.7 Å². The van der Waals surface area contributed by atoms with Crippen LogP contribution in [-0.4, -0.2) is 23.7 Å². The van der Waals surface area contributed by atoms with E-state index in [1.165, 1.54) is 6.07 Å². The molecule has 0 bridgehead atoms. The van der Waals surface area contributed by atoms with Crippen LogP contribution in [0.4, 0.5) is 4.79 Å². The second-order valence-electron chi connectivity index (χ2n) is 5.29. The average molecular weight is 278 g/mol.